The Balaban J connectivity index is -0.000000560. The second-order valence-corrected chi connectivity index (χ2v) is 9.01. The van der Waals surface area contributed by atoms with E-state index in [1.807, 2.05) is 33.8 Å². The summed E-state index contributed by atoms with van der Waals surface area (Å²) >= 11 is 0. The van der Waals surface area contributed by atoms with E-state index < -0.39 is 0 Å². The number of rotatable bonds is 4. The van der Waals surface area contributed by atoms with Gasteiger partial charge in [0.15, 0.2) is 0 Å². The molecule has 0 spiro atoms. The van der Waals surface area contributed by atoms with Crippen LogP contribution in [0.3, 0.4) is 0 Å². The third kappa shape index (κ3) is 15.4. The van der Waals surface area contributed by atoms with Crippen molar-refractivity contribution in [1.82, 2.24) is 0 Å². The van der Waals surface area contributed by atoms with Gasteiger partial charge in [-0.3, -0.25) is 0 Å². The Bertz CT molecular complexity index is 380. The Morgan fingerprint density at radius 1 is 0.742 bits per heavy atom. The minimum absolute atomic E-state index is 0.833. The zero-order valence-electron chi connectivity index (χ0n) is 22.8. The van der Waals surface area contributed by atoms with Gasteiger partial charge in [-0.05, 0) is 61.2 Å². The fourth-order valence-corrected chi connectivity index (χ4v) is 5.39. The van der Waals surface area contributed by atoms with Gasteiger partial charge in [-0.2, -0.15) is 0 Å². The summed E-state index contributed by atoms with van der Waals surface area (Å²) in [5.41, 5.74) is 0. The quantitative estimate of drug-likeness (QED) is 0.306. The molecule has 3 rings (SSSR count). The summed E-state index contributed by atoms with van der Waals surface area (Å²) in [6.07, 6.45) is 21.8. The molecule has 31 heavy (non-hydrogen) atoms. The van der Waals surface area contributed by atoms with Crippen LogP contribution in [0.5, 0.6) is 0 Å². The van der Waals surface area contributed by atoms with E-state index in [1.165, 1.54) is 57.8 Å². The van der Waals surface area contributed by atoms with Crippen LogP contribution in [-0.2, 0) is 0 Å². The van der Waals surface area contributed by atoms with Gasteiger partial charge in [-0.25, -0.2) is 0 Å². The third-order valence-electron chi connectivity index (χ3n) is 6.21. The van der Waals surface area contributed by atoms with Crippen LogP contribution in [0, 0.1) is 35.5 Å². The molecule has 0 nitrogen and oxygen atoms in total. The van der Waals surface area contributed by atoms with Crippen LogP contribution in [0.4, 0.5) is 0 Å². The van der Waals surface area contributed by atoms with Crippen LogP contribution < -0.4 is 0 Å². The van der Waals surface area contributed by atoms with Crippen LogP contribution in [0.25, 0.3) is 0 Å². The molecule has 3 aliphatic carbocycles. The van der Waals surface area contributed by atoms with E-state index in [0.717, 1.165) is 35.5 Å². The molecular formula is C31H60. The maximum atomic E-state index is 3.84. The van der Waals surface area contributed by atoms with Crippen LogP contribution in [0.15, 0.2) is 51.1 Å². The van der Waals surface area contributed by atoms with Crippen molar-refractivity contribution >= 4 is 0 Å². The average Bonchev–Trinajstić information content (AvgIpc) is 3.46. The zero-order valence-corrected chi connectivity index (χ0v) is 22.8. The Kier molecular flexibility index (Phi) is 28.1. The predicted molar refractivity (Wildman–Crippen MR) is 149 cm³/mol. The summed E-state index contributed by atoms with van der Waals surface area (Å²) in [5.74, 6) is 5.91. The normalized spacial score (nSPS) is 26.2. The number of hydrogen-bond donors (Lipinski definition) is 0. The van der Waals surface area contributed by atoms with Crippen molar-refractivity contribution in [2.45, 2.75) is 113 Å². The second-order valence-electron chi connectivity index (χ2n) is 9.01. The first-order chi connectivity index (χ1) is 15.1. The number of hydrogen-bond acceptors (Lipinski definition) is 0. The lowest BCUT2D eigenvalue weighted by molar-refractivity contribution is 0.195. The van der Waals surface area contributed by atoms with Gasteiger partial charge < -0.3 is 0 Å². The molecule has 0 aliphatic heterocycles. The zero-order chi connectivity index (χ0) is 24.7. The molecule has 0 bridgehead atoms. The highest BCUT2D eigenvalue weighted by Gasteiger charge is 2.43. The molecule has 4 atom stereocenters. The topological polar surface area (TPSA) is 0 Å². The van der Waals surface area contributed by atoms with E-state index in [-0.39, 0.29) is 0 Å². The summed E-state index contributed by atoms with van der Waals surface area (Å²) in [4.78, 5) is 0. The van der Waals surface area contributed by atoms with E-state index in [2.05, 4.69) is 65.8 Å². The van der Waals surface area contributed by atoms with E-state index >= 15 is 0 Å². The fourth-order valence-electron chi connectivity index (χ4n) is 5.39. The first kappa shape index (κ1) is 34.6. The number of fused-ring (bicyclic) bond motifs is 1. The Morgan fingerprint density at radius 3 is 1.61 bits per heavy atom. The highest BCUT2D eigenvalue weighted by Crippen LogP contribution is 2.52. The van der Waals surface area contributed by atoms with Gasteiger partial charge in [0.1, 0.15) is 0 Å². The predicted octanol–water partition coefficient (Wildman–Crippen LogP) is 11.1. The summed E-state index contributed by atoms with van der Waals surface area (Å²) in [6.45, 7) is 30.3. The smallest absolute Gasteiger partial charge is 0.0197 e. The van der Waals surface area contributed by atoms with Crippen LogP contribution in [0.1, 0.15) is 113 Å². The molecule has 0 amide bonds. The summed E-state index contributed by atoms with van der Waals surface area (Å²) in [5, 5.41) is 0. The molecule has 0 heteroatoms. The van der Waals surface area contributed by atoms with E-state index in [4.69, 9.17) is 0 Å². The molecule has 0 aromatic rings. The molecular weight excluding hydrogens is 372 g/mol. The van der Waals surface area contributed by atoms with Gasteiger partial charge in [-0.1, -0.05) is 112 Å². The van der Waals surface area contributed by atoms with Crippen LogP contribution in [0.2, 0.25) is 0 Å². The monoisotopic (exact) mass is 432 g/mol. The van der Waals surface area contributed by atoms with Gasteiger partial charge in [0, 0.05) is 0 Å². The molecule has 0 aromatic heterocycles. The van der Waals surface area contributed by atoms with Crippen molar-refractivity contribution in [2.75, 3.05) is 0 Å². The van der Waals surface area contributed by atoms with Crippen molar-refractivity contribution in [3.8, 4) is 0 Å². The van der Waals surface area contributed by atoms with Crippen LogP contribution in [-0.4, -0.2) is 0 Å². The highest BCUT2D eigenvalue weighted by atomic mass is 14.5. The van der Waals surface area contributed by atoms with Gasteiger partial charge in [0.2, 0.25) is 0 Å². The maximum Gasteiger partial charge on any atom is -0.0197 e. The molecule has 0 radical (unpaired) electrons. The highest BCUT2D eigenvalue weighted by molar-refractivity contribution is 5.06. The standard InChI is InChI=1S/C19H30.C4H10.2C2H6.2C2H4/c1-2-3-10-16-14-17(13-15-8-4-5-9-15)19-12-7-6-11-18(16)19;1-4(2)3;4*1-2/h2-3,10,15-19H,1,4-9,11-14H2;4H,1-3H3;2*1-2H3;2*1-2H2. The molecule has 0 heterocycles. The van der Waals surface area contributed by atoms with Crippen molar-refractivity contribution in [2.24, 2.45) is 35.5 Å². The van der Waals surface area contributed by atoms with Gasteiger partial charge >= 0.3 is 0 Å². The third-order valence-corrected chi connectivity index (χ3v) is 6.21. The van der Waals surface area contributed by atoms with Crippen molar-refractivity contribution in [3.05, 3.63) is 51.1 Å². The first-order valence-electron chi connectivity index (χ1n) is 13.4. The lowest BCUT2D eigenvalue weighted by Crippen LogP contribution is -2.22. The van der Waals surface area contributed by atoms with E-state index in [9.17, 15) is 0 Å². The molecule has 3 saturated carbocycles. The maximum absolute atomic E-state index is 3.84. The Hall–Kier alpha value is -1.04. The molecule has 3 fully saturated rings. The fraction of sp³-hybridized carbons (Fsp3) is 0.742. The lowest BCUT2D eigenvalue weighted by atomic mass is 9.74. The lowest BCUT2D eigenvalue weighted by Gasteiger charge is -2.31. The minimum Gasteiger partial charge on any atom is -0.106 e. The molecule has 4 unspecified atom stereocenters. The molecule has 0 saturated heterocycles. The summed E-state index contributed by atoms with van der Waals surface area (Å²) in [6, 6.07) is 0. The first-order valence-corrected chi connectivity index (χ1v) is 13.4. The molecule has 0 N–H and O–H groups in total. The van der Waals surface area contributed by atoms with E-state index in [0.29, 0.717) is 0 Å². The van der Waals surface area contributed by atoms with Gasteiger partial charge in [0.05, 0.1) is 0 Å². The van der Waals surface area contributed by atoms with Crippen molar-refractivity contribution < 1.29 is 0 Å². The molecule has 184 valence electrons. The number of allylic oxidation sites excluding steroid dienone is 3. The summed E-state index contributed by atoms with van der Waals surface area (Å²) < 4.78 is 0. The van der Waals surface area contributed by atoms with Crippen molar-refractivity contribution in [3.63, 3.8) is 0 Å². The molecule has 3 aliphatic rings. The Labute approximate surface area is 199 Å². The van der Waals surface area contributed by atoms with E-state index in [1.54, 1.807) is 6.42 Å². The molecule has 0 aromatic carbocycles. The minimum atomic E-state index is 0.833. The Morgan fingerprint density at radius 2 is 1.16 bits per heavy atom. The largest absolute Gasteiger partial charge is 0.106 e. The second kappa shape index (κ2) is 25.2. The average molecular weight is 433 g/mol. The van der Waals surface area contributed by atoms with Gasteiger partial charge in [0.25, 0.3) is 0 Å². The van der Waals surface area contributed by atoms with Crippen molar-refractivity contribution in [1.29, 1.82) is 0 Å². The van der Waals surface area contributed by atoms with Gasteiger partial charge in [-0.15, -0.1) is 26.3 Å². The summed E-state index contributed by atoms with van der Waals surface area (Å²) in [7, 11) is 0. The van der Waals surface area contributed by atoms with Crippen LogP contribution >= 0.6 is 0 Å². The SMILES string of the molecule is C=C.C=C.C=CC=CC1CC(CC2CCCC2)C2CCCCC12.CC.CC.CC(C)C.